The predicted molar refractivity (Wildman–Crippen MR) is 80.2 cm³/mol. The van der Waals surface area contributed by atoms with Crippen LogP contribution in [0.25, 0.3) is 0 Å². The number of nitrogens with zero attached hydrogens (tertiary/aromatic N) is 3. The van der Waals surface area contributed by atoms with E-state index >= 15 is 0 Å². The molecule has 1 rings (SSSR count). The molecule has 0 atom stereocenters. The number of thioether (sulfide) groups is 1. The number of hydrogen-bond acceptors (Lipinski definition) is 4. The van der Waals surface area contributed by atoms with Crippen LogP contribution < -0.4 is 5.73 Å². The third-order valence-corrected chi connectivity index (χ3v) is 4.29. The SMILES string of the molecule is CCN(CC)CCSc1c(N)c(C(C)C)nn1C. The van der Waals surface area contributed by atoms with Crippen LogP contribution in [0.2, 0.25) is 0 Å². The molecule has 0 aliphatic heterocycles. The molecule has 104 valence electrons. The monoisotopic (exact) mass is 270 g/mol. The maximum Gasteiger partial charge on any atom is 0.117 e. The molecule has 4 nitrogen and oxygen atoms in total. The Balaban J connectivity index is 2.62. The van der Waals surface area contributed by atoms with Gasteiger partial charge in [-0.25, -0.2) is 0 Å². The van der Waals surface area contributed by atoms with Crippen LogP contribution >= 0.6 is 11.8 Å². The second-order valence-corrected chi connectivity index (χ2v) is 5.84. The molecule has 0 aliphatic carbocycles. The van der Waals surface area contributed by atoms with Gasteiger partial charge in [0.15, 0.2) is 0 Å². The molecule has 0 spiro atoms. The van der Waals surface area contributed by atoms with Gasteiger partial charge in [-0.2, -0.15) is 5.10 Å². The largest absolute Gasteiger partial charge is 0.395 e. The lowest BCUT2D eigenvalue weighted by Gasteiger charge is -2.17. The normalized spacial score (nSPS) is 11.7. The minimum Gasteiger partial charge on any atom is -0.395 e. The maximum absolute atomic E-state index is 6.17. The van der Waals surface area contributed by atoms with E-state index in [-0.39, 0.29) is 0 Å². The Labute approximate surface area is 115 Å². The first kappa shape index (κ1) is 15.4. The lowest BCUT2D eigenvalue weighted by Crippen LogP contribution is -2.25. The minimum atomic E-state index is 0.383. The molecule has 1 aromatic heterocycles. The van der Waals surface area contributed by atoms with Crippen LogP contribution in [-0.4, -0.2) is 40.1 Å². The Morgan fingerprint density at radius 3 is 2.39 bits per heavy atom. The van der Waals surface area contributed by atoms with Crippen molar-refractivity contribution >= 4 is 17.4 Å². The Bertz CT molecular complexity index is 369. The van der Waals surface area contributed by atoms with Gasteiger partial charge in [0.05, 0.1) is 11.4 Å². The molecule has 5 heteroatoms. The van der Waals surface area contributed by atoms with Gasteiger partial charge in [-0.15, -0.1) is 11.8 Å². The van der Waals surface area contributed by atoms with E-state index in [1.807, 2.05) is 11.7 Å². The van der Waals surface area contributed by atoms with Crippen LogP contribution in [0.4, 0.5) is 5.69 Å². The number of aromatic nitrogens is 2. The fraction of sp³-hybridized carbons (Fsp3) is 0.769. The first-order valence-electron chi connectivity index (χ1n) is 6.68. The number of rotatable bonds is 7. The second-order valence-electron chi connectivity index (χ2n) is 4.76. The molecule has 0 bridgehead atoms. The summed E-state index contributed by atoms with van der Waals surface area (Å²) in [4.78, 5) is 2.42. The number of nitrogens with two attached hydrogens (primary N) is 1. The van der Waals surface area contributed by atoms with E-state index in [1.165, 1.54) is 0 Å². The van der Waals surface area contributed by atoms with Crippen LogP contribution in [0.3, 0.4) is 0 Å². The van der Waals surface area contributed by atoms with Crippen LogP contribution in [0.1, 0.15) is 39.3 Å². The zero-order valence-electron chi connectivity index (χ0n) is 12.2. The van der Waals surface area contributed by atoms with Gasteiger partial charge in [0, 0.05) is 19.3 Å². The highest BCUT2D eigenvalue weighted by atomic mass is 32.2. The van der Waals surface area contributed by atoms with Crippen molar-refractivity contribution in [1.29, 1.82) is 0 Å². The molecule has 2 N–H and O–H groups in total. The first-order valence-corrected chi connectivity index (χ1v) is 7.67. The summed E-state index contributed by atoms with van der Waals surface area (Å²) in [5.41, 5.74) is 8.04. The van der Waals surface area contributed by atoms with Crippen molar-refractivity contribution < 1.29 is 0 Å². The van der Waals surface area contributed by atoms with Gasteiger partial charge < -0.3 is 10.6 Å². The van der Waals surface area contributed by atoms with Crippen LogP contribution in [-0.2, 0) is 7.05 Å². The molecular formula is C13H26N4S. The topological polar surface area (TPSA) is 47.1 Å². The predicted octanol–water partition coefficient (Wildman–Crippen LogP) is 2.56. The average molecular weight is 270 g/mol. The Hall–Kier alpha value is -0.680. The van der Waals surface area contributed by atoms with E-state index in [1.54, 1.807) is 11.8 Å². The summed E-state index contributed by atoms with van der Waals surface area (Å²) in [7, 11) is 1.97. The third-order valence-electron chi connectivity index (χ3n) is 3.15. The molecule has 0 unspecified atom stereocenters. The summed E-state index contributed by atoms with van der Waals surface area (Å²) >= 11 is 1.80. The highest BCUT2D eigenvalue weighted by molar-refractivity contribution is 7.99. The summed E-state index contributed by atoms with van der Waals surface area (Å²) < 4.78 is 1.91. The summed E-state index contributed by atoms with van der Waals surface area (Å²) in [6.07, 6.45) is 0. The van der Waals surface area contributed by atoms with Crippen LogP contribution in [0.5, 0.6) is 0 Å². The lowest BCUT2D eigenvalue weighted by atomic mass is 10.1. The Kier molecular flexibility index (Phi) is 6.02. The van der Waals surface area contributed by atoms with Gasteiger partial charge in [0.25, 0.3) is 0 Å². The van der Waals surface area contributed by atoms with E-state index < -0.39 is 0 Å². The quantitative estimate of drug-likeness (QED) is 0.774. The van der Waals surface area contributed by atoms with Gasteiger partial charge in [0.2, 0.25) is 0 Å². The smallest absolute Gasteiger partial charge is 0.117 e. The highest BCUT2D eigenvalue weighted by Crippen LogP contribution is 2.31. The van der Waals surface area contributed by atoms with Crippen molar-refractivity contribution in [3.8, 4) is 0 Å². The first-order chi connectivity index (χ1) is 8.51. The van der Waals surface area contributed by atoms with E-state index in [4.69, 9.17) is 5.73 Å². The van der Waals surface area contributed by atoms with Gasteiger partial charge in [0.1, 0.15) is 5.03 Å². The number of aryl methyl sites for hydroxylation is 1. The van der Waals surface area contributed by atoms with Crippen molar-refractivity contribution in [1.82, 2.24) is 14.7 Å². The van der Waals surface area contributed by atoms with Crippen molar-refractivity contribution in [2.75, 3.05) is 31.1 Å². The molecule has 1 aromatic rings. The number of anilines is 1. The molecular weight excluding hydrogens is 244 g/mol. The Morgan fingerprint density at radius 1 is 1.33 bits per heavy atom. The zero-order chi connectivity index (χ0) is 13.7. The Morgan fingerprint density at radius 2 is 1.94 bits per heavy atom. The number of hydrogen-bond donors (Lipinski definition) is 1. The van der Waals surface area contributed by atoms with Crippen LogP contribution in [0, 0.1) is 0 Å². The zero-order valence-corrected chi connectivity index (χ0v) is 13.0. The molecule has 0 radical (unpaired) electrons. The third kappa shape index (κ3) is 3.65. The number of nitrogen functional groups attached to an aromatic ring is 1. The molecule has 0 saturated carbocycles. The van der Waals surface area contributed by atoms with Crippen molar-refractivity contribution in [3.63, 3.8) is 0 Å². The van der Waals surface area contributed by atoms with Gasteiger partial charge in [-0.1, -0.05) is 27.7 Å². The van der Waals surface area contributed by atoms with E-state index in [9.17, 15) is 0 Å². The molecule has 0 aromatic carbocycles. The van der Waals surface area contributed by atoms with Gasteiger partial charge in [-0.3, -0.25) is 4.68 Å². The second kappa shape index (κ2) is 7.04. The molecule has 0 amide bonds. The molecule has 1 heterocycles. The lowest BCUT2D eigenvalue weighted by molar-refractivity contribution is 0.324. The molecule has 18 heavy (non-hydrogen) atoms. The van der Waals surface area contributed by atoms with Gasteiger partial charge >= 0.3 is 0 Å². The molecule has 0 aliphatic rings. The summed E-state index contributed by atoms with van der Waals surface area (Å²) in [5, 5.41) is 5.61. The fourth-order valence-corrected chi connectivity index (χ4v) is 2.98. The summed E-state index contributed by atoms with van der Waals surface area (Å²) in [6.45, 7) is 12.0. The summed E-state index contributed by atoms with van der Waals surface area (Å²) in [6, 6.07) is 0. The standard InChI is InChI=1S/C13H26N4S/c1-6-17(7-2)8-9-18-13-11(14)12(10(3)4)15-16(13)5/h10H,6-9,14H2,1-5H3. The maximum atomic E-state index is 6.17. The fourth-order valence-electron chi connectivity index (χ4n) is 1.95. The summed E-state index contributed by atoms with van der Waals surface area (Å²) in [5.74, 6) is 1.44. The van der Waals surface area contributed by atoms with E-state index in [2.05, 4.69) is 37.7 Å². The van der Waals surface area contributed by atoms with Crippen molar-refractivity contribution in [3.05, 3.63) is 5.69 Å². The highest BCUT2D eigenvalue weighted by Gasteiger charge is 2.16. The van der Waals surface area contributed by atoms with E-state index in [0.717, 1.165) is 41.8 Å². The average Bonchev–Trinajstić information content (AvgIpc) is 2.62. The van der Waals surface area contributed by atoms with Crippen molar-refractivity contribution in [2.24, 2.45) is 7.05 Å². The van der Waals surface area contributed by atoms with Crippen molar-refractivity contribution in [2.45, 2.75) is 38.6 Å². The minimum absolute atomic E-state index is 0.383. The molecule has 0 saturated heterocycles. The van der Waals surface area contributed by atoms with Crippen LogP contribution in [0.15, 0.2) is 5.03 Å². The van der Waals surface area contributed by atoms with E-state index in [0.29, 0.717) is 5.92 Å². The molecule has 0 fully saturated rings. The van der Waals surface area contributed by atoms with Gasteiger partial charge in [-0.05, 0) is 19.0 Å².